The summed E-state index contributed by atoms with van der Waals surface area (Å²) in [7, 11) is 1.73. The standard InChI is InChI=1S/C21H22N4O/c1-26-14-25-12-19(13-25)24-21-9-18(8-17-5-6-23-11-20(17)21)16-4-2-3-15(7-16)10-22/h2-5,7-9,11,19,23-24H,6,12-14H2,1H3. The summed E-state index contributed by atoms with van der Waals surface area (Å²) in [5, 5.41) is 18.6. The summed E-state index contributed by atoms with van der Waals surface area (Å²) in [6.07, 6.45) is 4.29. The van der Waals surface area contributed by atoms with Crippen molar-refractivity contribution < 1.29 is 4.74 Å². The van der Waals surface area contributed by atoms with E-state index in [0.717, 1.165) is 36.4 Å². The molecule has 5 nitrogen and oxygen atoms in total. The molecule has 4 rings (SSSR count). The van der Waals surface area contributed by atoms with Gasteiger partial charge in [-0.2, -0.15) is 5.26 Å². The molecule has 0 atom stereocenters. The number of benzene rings is 2. The number of nitriles is 1. The maximum absolute atomic E-state index is 9.19. The Morgan fingerprint density at radius 1 is 1.27 bits per heavy atom. The van der Waals surface area contributed by atoms with Gasteiger partial charge in [0.05, 0.1) is 24.4 Å². The van der Waals surface area contributed by atoms with Crippen LogP contribution >= 0.6 is 0 Å². The van der Waals surface area contributed by atoms with Gasteiger partial charge in [0, 0.05) is 43.9 Å². The molecule has 0 aromatic heterocycles. The van der Waals surface area contributed by atoms with Crippen molar-refractivity contribution in [1.82, 2.24) is 10.2 Å². The molecule has 2 N–H and O–H groups in total. The molecule has 1 saturated heterocycles. The SMILES string of the molecule is COCN1CC(Nc2cc(-c3cccc(C#N)c3)cc3c2=CNCC=3)C1. The van der Waals surface area contributed by atoms with E-state index in [-0.39, 0.29) is 0 Å². The van der Waals surface area contributed by atoms with E-state index < -0.39 is 0 Å². The van der Waals surface area contributed by atoms with Crippen molar-refractivity contribution in [1.29, 1.82) is 5.26 Å². The van der Waals surface area contributed by atoms with Crippen LogP contribution in [0.2, 0.25) is 0 Å². The number of fused-ring (bicyclic) bond motifs is 1. The zero-order valence-corrected chi connectivity index (χ0v) is 14.8. The van der Waals surface area contributed by atoms with E-state index >= 15 is 0 Å². The predicted molar refractivity (Wildman–Crippen MR) is 104 cm³/mol. The van der Waals surface area contributed by atoms with E-state index in [1.165, 1.54) is 10.4 Å². The van der Waals surface area contributed by atoms with Gasteiger partial charge in [0.2, 0.25) is 0 Å². The van der Waals surface area contributed by atoms with Crippen LogP contribution in [0.25, 0.3) is 23.4 Å². The van der Waals surface area contributed by atoms with Crippen molar-refractivity contribution in [2.24, 2.45) is 0 Å². The second-order valence-electron chi connectivity index (χ2n) is 6.77. The molecule has 0 spiro atoms. The largest absolute Gasteiger partial charge is 0.387 e. The van der Waals surface area contributed by atoms with Crippen molar-refractivity contribution >= 4 is 18.0 Å². The molecule has 1 fully saturated rings. The molecule has 2 aliphatic heterocycles. The van der Waals surface area contributed by atoms with E-state index in [0.29, 0.717) is 18.3 Å². The molecule has 0 bridgehead atoms. The Morgan fingerprint density at radius 2 is 2.15 bits per heavy atom. The van der Waals surface area contributed by atoms with Gasteiger partial charge in [0.25, 0.3) is 0 Å². The first-order valence-electron chi connectivity index (χ1n) is 8.83. The van der Waals surface area contributed by atoms with Crippen molar-refractivity contribution in [3.63, 3.8) is 0 Å². The van der Waals surface area contributed by atoms with Gasteiger partial charge >= 0.3 is 0 Å². The lowest BCUT2D eigenvalue weighted by atomic mass is 9.99. The van der Waals surface area contributed by atoms with Crippen LogP contribution in [0.5, 0.6) is 0 Å². The Labute approximate surface area is 153 Å². The number of anilines is 1. The third kappa shape index (κ3) is 3.30. The van der Waals surface area contributed by atoms with Crippen LogP contribution < -0.4 is 21.1 Å². The Morgan fingerprint density at radius 3 is 2.96 bits per heavy atom. The summed E-state index contributed by atoms with van der Waals surface area (Å²) in [5.74, 6) is 0. The Balaban J connectivity index is 1.68. The average Bonchev–Trinajstić information content (AvgIpc) is 2.66. The number of hydrogen-bond acceptors (Lipinski definition) is 5. The zero-order valence-electron chi connectivity index (χ0n) is 14.8. The number of ether oxygens (including phenoxy) is 1. The van der Waals surface area contributed by atoms with Crippen LogP contribution in [0.4, 0.5) is 5.69 Å². The molecule has 0 aliphatic carbocycles. The Hall–Kier alpha value is -2.81. The van der Waals surface area contributed by atoms with E-state index in [9.17, 15) is 5.26 Å². The molecule has 0 radical (unpaired) electrons. The number of likely N-dealkylation sites (tertiary alicyclic amines) is 1. The highest BCUT2D eigenvalue weighted by Crippen LogP contribution is 2.22. The quantitative estimate of drug-likeness (QED) is 0.847. The second-order valence-corrected chi connectivity index (χ2v) is 6.77. The summed E-state index contributed by atoms with van der Waals surface area (Å²) in [4.78, 5) is 2.26. The van der Waals surface area contributed by atoms with E-state index in [1.807, 2.05) is 18.2 Å². The molecule has 2 aliphatic rings. The minimum absolute atomic E-state index is 0.422. The van der Waals surface area contributed by atoms with E-state index in [4.69, 9.17) is 4.74 Å². The molecule has 0 unspecified atom stereocenters. The van der Waals surface area contributed by atoms with Gasteiger partial charge in [-0.1, -0.05) is 18.2 Å². The highest BCUT2D eigenvalue weighted by molar-refractivity contribution is 5.71. The average molecular weight is 346 g/mol. The minimum atomic E-state index is 0.422. The fourth-order valence-corrected chi connectivity index (χ4v) is 3.56. The molecule has 0 amide bonds. The van der Waals surface area contributed by atoms with Crippen LogP contribution in [0.1, 0.15) is 5.56 Å². The number of methoxy groups -OCH3 is 1. The lowest BCUT2D eigenvalue weighted by Crippen LogP contribution is -2.55. The third-order valence-corrected chi connectivity index (χ3v) is 4.85. The Bertz CT molecular complexity index is 970. The van der Waals surface area contributed by atoms with Crippen molar-refractivity contribution in [2.45, 2.75) is 6.04 Å². The van der Waals surface area contributed by atoms with E-state index in [2.05, 4.69) is 52.1 Å². The van der Waals surface area contributed by atoms with E-state index in [1.54, 1.807) is 7.11 Å². The first-order chi connectivity index (χ1) is 12.8. The van der Waals surface area contributed by atoms with Gasteiger partial charge < -0.3 is 15.4 Å². The molecular weight excluding hydrogens is 324 g/mol. The van der Waals surface area contributed by atoms with Gasteiger partial charge in [-0.25, -0.2) is 0 Å². The topological polar surface area (TPSA) is 60.3 Å². The highest BCUT2D eigenvalue weighted by atomic mass is 16.5. The Kier molecular flexibility index (Phi) is 4.61. The summed E-state index contributed by atoms with van der Waals surface area (Å²) in [6, 6.07) is 14.8. The lowest BCUT2D eigenvalue weighted by Gasteiger charge is -2.39. The van der Waals surface area contributed by atoms with Gasteiger partial charge in [-0.05, 0) is 40.6 Å². The van der Waals surface area contributed by atoms with Gasteiger partial charge in [0.1, 0.15) is 0 Å². The first kappa shape index (κ1) is 16.6. The number of nitrogens with one attached hydrogen (secondary N) is 2. The summed E-state index contributed by atoms with van der Waals surface area (Å²) < 4.78 is 5.18. The fraction of sp³-hybridized carbons (Fsp3) is 0.286. The van der Waals surface area contributed by atoms with Crippen LogP contribution in [-0.4, -0.2) is 44.4 Å². The van der Waals surface area contributed by atoms with Crippen LogP contribution in [-0.2, 0) is 4.74 Å². The van der Waals surface area contributed by atoms with Gasteiger partial charge in [0.15, 0.2) is 0 Å². The fourth-order valence-electron chi connectivity index (χ4n) is 3.56. The molecular formula is C21H22N4O. The smallest absolute Gasteiger partial charge is 0.0991 e. The summed E-state index contributed by atoms with van der Waals surface area (Å²) in [5.41, 5.74) is 4.01. The molecule has 5 heteroatoms. The summed E-state index contributed by atoms with van der Waals surface area (Å²) in [6.45, 7) is 3.47. The molecule has 26 heavy (non-hydrogen) atoms. The van der Waals surface area contributed by atoms with Crippen molar-refractivity contribution in [2.75, 3.05) is 38.8 Å². The predicted octanol–water partition coefficient (Wildman–Crippen LogP) is 1.05. The highest BCUT2D eigenvalue weighted by Gasteiger charge is 2.26. The number of hydrogen-bond donors (Lipinski definition) is 2. The second kappa shape index (κ2) is 7.20. The first-order valence-corrected chi connectivity index (χ1v) is 8.83. The molecule has 2 aromatic carbocycles. The third-order valence-electron chi connectivity index (χ3n) is 4.85. The van der Waals surface area contributed by atoms with Crippen molar-refractivity contribution in [3.8, 4) is 17.2 Å². The van der Waals surface area contributed by atoms with Crippen LogP contribution in [0.3, 0.4) is 0 Å². The monoisotopic (exact) mass is 346 g/mol. The summed E-state index contributed by atoms with van der Waals surface area (Å²) >= 11 is 0. The molecule has 132 valence electrons. The minimum Gasteiger partial charge on any atom is -0.387 e. The lowest BCUT2D eigenvalue weighted by molar-refractivity contribution is 0.0174. The molecule has 2 aromatic rings. The molecule has 2 heterocycles. The van der Waals surface area contributed by atoms with Gasteiger partial charge in [-0.3, -0.25) is 4.90 Å². The normalized spacial score (nSPS) is 16.3. The van der Waals surface area contributed by atoms with Crippen LogP contribution in [0, 0.1) is 11.3 Å². The van der Waals surface area contributed by atoms with Crippen LogP contribution in [0.15, 0.2) is 36.4 Å². The molecule has 0 saturated carbocycles. The number of rotatable bonds is 5. The van der Waals surface area contributed by atoms with Crippen molar-refractivity contribution in [3.05, 3.63) is 52.4 Å². The maximum atomic E-state index is 9.19. The number of nitrogens with zero attached hydrogens (tertiary/aromatic N) is 2. The zero-order chi connectivity index (χ0) is 17.9. The van der Waals surface area contributed by atoms with Gasteiger partial charge in [-0.15, -0.1) is 0 Å². The maximum Gasteiger partial charge on any atom is 0.0991 e.